The molecule has 3 aromatic rings. The first-order valence-electron chi connectivity index (χ1n) is 7.95. The third kappa shape index (κ3) is 2.94. The van der Waals surface area contributed by atoms with E-state index in [-0.39, 0.29) is 5.41 Å². The number of ether oxygens (including phenoxy) is 1. The minimum Gasteiger partial charge on any atom is -0.496 e. The summed E-state index contributed by atoms with van der Waals surface area (Å²) in [4.78, 5) is 4.76. The van der Waals surface area contributed by atoms with E-state index >= 15 is 0 Å². The molecule has 2 nitrogen and oxygen atoms in total. The van der Waals surface area contributed by atoms with E-state index < -0.39 is 0 Å². The summed E-state index contributed by atoms with van der Waals surface area (Å²) in [5.74, 6) is 0.887. The van der Waals surface area contributed by atoms with Crippen LogP contribution < -0.4 is 4.74 Å². The normalized spacial score (nSPS) is 11.7. The van der Waals surface area contributed by atoms with E-state index in [1.54, 1.807) is 7.11 Å². The molecule has 1 aromatic heterocycles. The molecule has 0 N–H and O–H groups in total. The Hall–Kier alpha value is -2.35. The van der Waals surface area contributed by atoms with Gasteiger partial charge in [-0.25, -0.2) is 0 Å². The second kappa shape index (κ2) is 5.69. The summed E-state index contributed by atoms with van der Waals surface area (Å²) in [7, 11) is 1.72. The average Bonchev–Trinajstić information content (AvgIpc) is 2.52. The molecule has 0 radical (unpaired) electrons. The van der Waals surface area contributed by atoms with Crippen LogP contribution in [0.3, 0.4) is 0 Å². The first-order valence-corrected chi connectivity index (χ1v) is 7.95. The fourth-order valence-corrected chi connectivity index (χ4v) is 2.87. The lowest BCUT2D eigenvalue weighted by Crippen LogP contribution is -2.11. The van der Waals surface area contributed by atoms with Crippen molar-refractivity contribution in [1.29, 1.82) is 0 Å². The number of hydrogen-bond acceptors (Lipinski definition) is 2. The predicted octanol–water partition coefficient (Wildman–Crippen LogP) is 5.52. The minimum absolute atomic E-state index is 0.0964. The summed E-state index contributed by atoms with van der Waals surface area (Å²) in [6, 6.07) is 16.9. The van der Waals surface area contributed by atoms with E-state index in [0.717, 1.165) is 33.5 Å². The van der Waals surface area contributed by atoms with Crippen LogP contribution in [0.1, 0.15) is 32.0 Å². The third-order valence-electron chi connectivity index (χ3n) is 4.27. The molecule has 0 bridgehead atoms. The molecule has 0 spiro atoms. The van der Waals surface area contributed by atoms with Crippen LogP contribution in [0.15, 0.2) is 48.5 Å². The molecular weight excluding hydrogens is 282 g/mol. The van der Waals surface area contributed by atoms with Gasteiger partial charge < -0.3 is 4.74 Å². The maximum atomic E-state index is 5.61. The van der Waals surface area contributed by atoms with Gasteiger partial charge in [0.2, 0.25) is 0 Å². The maximum absolute atomic E-state index is 5.61. The van der Waals surface area contributed by atoms with Crippen molar-refractivity contribution >= 4 is 10.9 Å². The summed E-state index contributed by atoms with van der Waals surface area (Å²) < 4.78 is 5.61. The van der Waals surface area contributed by atoms with Gasteiger partial charge in [0.15, 0.2) is 0 Å². The number of aryl methyl sites for hydroxylation is 1. The largest absolute Gasteiger partial charge is 0.496 e. The SMILES string of the molecule is COc1ccc(C(C)(C)C)cc1-c1cc2ccccc2nc1C. The third-order valence-corrected chi connectivity index (χ3v) is 4.27. The van der Waals surface area contributed by atoms with Gasteiger partial charge >= 0.3 is 0 Å². The molecule has 3 rings (SSSR count). The summed E-state index contributed by atoms with van der Waals surface area (Å²) in [5.41, 5.74) is 5.68. The number of rotatable bonds is 2. The number of nitrogens with zero attached hydrogens (tertiary/aromatic N) is 1. The number of para-hydroxylation sites is 1. The van der Waals surface area contributed by atoms with Crippen molar-refractivity contribution in [2.45, 2.75) is 33.1 Å². The lowest BCUT2D eigenvalue weighted by Gasteiger charge is -2.21. The summed E-state index contributed by atoms with van der Waals surface area (Å²) in [6.45, 7) is 8.74. The van der Waals surface area contributed by atoms with Gasteiger partial charge in [-0.15, -0.1) is 0 Å². The Labute approximate surface area is 138 Å². The molecule has 0 amide bonds. The van der Waals surface area contributed by atoms with Gasteiger partial charge in [-0.3, -0.25) is 4.98 Å². The minimum atomic E-state index is 0.0964. The van der Waals surface area contributed by atoms with E-state index in [9.17, 15) is 0 Å². The van der Waals surface area contributed by atoms with Crippen LogP contribution in [0, 0.1) is 6.92 Å². The van der Waals surface area contributed by atoms with Crippen molar-refractivity contribution in [1.82, 2.24) is 4.98 Å². The Morgan fingerprint density at radius 1 is 0.913 bits per heavy atom. The Morgan fingerprint density at radius 2 is 1.65 bits per heavy atom. The van der Waals surface area contributed by atoms with Gasteiger partial charge in [0.1, 0.15) is 5.75 Å². The zero-order valence-electron chi connectivity index (χ0n) is 14.5. The number of aromatic nitrogens is 1. The van der Waals surface area contributed by atoms with Gasteiger partial charge in [0, 0.05) is 22.2 Å². The average molecular weight is 305 g/mol. The smallest absolute Gasteiger partial charge is 0.126 e. The van der Waals surface area contributed by atoms with Crippen LogP contribution >= 0.6 is 0 Å². The van der Waals surface area contributed by atoms with E-state index in [2.05, 4.69) is 64.1 Å². The van der Waals surface area contributed by atoms with Crippen LogP contribution in [-0.4, -0.2) is 12.1 Å². The molecule has 0 aliphatic rings. The molecule has 0 unspecified atom stereocenters. The fourth-order valence-electron chi connectivity index (χ4n) is 2.87. The number of methoxy groups -OCH3 is 1. The molecular formula is C21H23NO. The molecule has 0 saturated carbocycles. The lowest BCUT2D eigenvalue weighted by atomic mass is 9.85. The molecule has 23 heavy (non-hydrogen) atoms. The highest BCUT2D eigenvalue weighted by Crippen LogP contribution is 2.36. The van der Waals surface area contributed by atoms with Crippen LogP contribution in [0.25, 0.3) is 22.0 Å². The maximum Gasteiger partial charge on any atom is 0.126 e. The fraction of sp³-hybridized carbons (Fsp3) is 0.286. The van der Waals surface area contributed by atoms with E-state index in [4.69, 9.17) is 9.72 Å². The highest BCUT2D eigenvalue weighted by atomic mass is 16.5. The van der Waals surface area contributed by atoms with Crippen LogP contribution in [-0.2, 0) is 5.41 Å². The highest BCUT2D eigenvalue weighted by Gasteiger charge is 2.18. The van der Waals surface area contributed by atoms with E-state index in [1.807, 2.05) is 12.1 Å². The lowest BCUT2D eigenvalue weighted by molar-refractivity contribution is 0.416. The zero-order chi connectivity index (χ0) is 16.6. The van der Waals surface area contributed by atoms with Gasteiger partial charge in [0.25, 0.3) is 0 Å². The first kappa shape index (κ1) is 15.5. The molecule has 0 aliphatic carbocycles. The second-order valence-corrected chi connectivity index (χ2v) is 6.98. The molecule has 2 heteroatoms. The second-order valence-electron chi connectivity index (χ2n) is 6.98. The highest BCUT2D eigenvalue weighted by molar-refractivity contribution is 5.86. The van der Waals surface area contributed by atoms with Gasteiger partial charge in [-0.2, -0.15) is 0 Å². The summed E-state index contributed by atoms with van der Waals surface area (Å²) in [5, 5.41) is 1.15. The Bertz CT molecular complexity index is 859. The van der Waals surface area contributed by atoms with Crippen molar-refractivity contribution in [3.63, 3.8) is 0 Å². The number of hydrogen-bond donors (Lipinski definition) is 0. The van der Waals surface area contributed by atoms with Crippen molar-refractivity contribution in [2.75, 3.05) is 7.11 Å². The van der Waals surface area contributed by atoms with Gasteiger partial charge in [-0.05, 0) is 42.2 Å². The predicted molar refractivity (Wildman–Crippen MR) is 97.2 cm³/mol. The molecule has 0 aliphatic heterocycles. The Balaban J connectivity index is 2.26. The molecule has 2 aromatic carbocycles. The van der Waals surface area contributed by atoms with Crippen molar-refractivity contribution < 1.29 is 4.74 Å². The Morgan fingerprint density at radius 3 is 2.35 bits per heavy atom. The van der Waals surface area contributed by atoms with Crippen molar-refractivity contribution in [3.05, 3.63) is 59.8 Å². The number of pyridine rings is 1. The quantitative estimate of drug-likeness (QED) is 0.622. The molecule has 0 atom stereocenters. The first-order chi connectivity index (χ1) is 10.9. The van der Waals surface area contributed by atoms with Crippen molar-refractivity contribution in [3.8, 4) is 16.9 Å². The molecule has 0 saturated heterocycles. The van der Waals surface area contributed by atoms with Crippen LogP contribution in [0.2, 0.25) is 0 Å². The summed E-state index contributed by atoms with van der Waals surface area (Å²) in [6.07, 6.45) is 0. The van der Waals surface area contributed by atoms with Crippen LogP contribution in [0.4, 0.5) is 0 Å². The van der Waals surface area contributed by atoms with E-state index in [0.29, 0.717) is 0 Å². The molecule has 118 valence electrons. The van der Waals surface area contributed by atoms with Gasteiger partial charge in [0.05, 0.1) is 12.6 Å². The van der Waals surface area contributed by atoms with Gasteiger partial charge in [-0.1, -0.05) is 45.0 Å². The standard InChI is InChI=1S/C21H23NO/c1-14-17(12-15-8-6-7-9-19(15)22-14)18-13-16(21(2,3)4)10-11-20(18)23-5/h6-13H,1-5H3. The van der Waals surface area contributed by atoms with E-state index in [1.165, 1.54) is 5.56 Å². The summed E-state index contributed by atoms with van der Waals surface area (Å²) >= 11 is 0. The molecule has 1 heterocycles. The monoisotopic (exact) mass is 305 g/mol. The molecule has 0 fully saturated rings. The number of benzene rings is 2. The Kier molecular flexibility index (Phi) is 3.85. The van der Waals surface area contributed by atoms with Crippen LogP contribution in [0.5, 0.6) is 5.75 Å². The zero-order valence-corrected chi connectivity index (χ0v) is 14.5. The van der Waals surface area contributed by atoms with Crippen molar-refractivity contribution in [2.24, 2.45) is 0 Å². The topological polar surface area (TPSA) is 22.1 Å². The number of fused-ring (bicyclic) bond motifs is 1.